The molecule has 0 atom stereocenters. The van der Waals surface area contributed by atoms with E-state index in [1.54, 1.807) is 11.3 Å². The number of aromatic nitrogens is 1. The number of hydrogen-bond acceptors (Lipinski definition) is 4. The summed E-state index contributed by atoms with van der Waals surface area (Å²) in [7, 11) is 0. The molecule has 0 aliphatic rings. The molecule has 0 aliphatic carbocycles. The van der Waals surface area contributed by atoms with Gasteiger partial charge in [-0.3, -0.25) is 0 Å². The van der Waals surface area contributed by atoms with Gasteiger partial charge in [0, 0.05) is 22.8 Å². The lowest BCUT2D eigenvalue weighted by atomic mass is 10.3. The lowest BCUT2D eigenvalue weighted by molar-refractivity contribution is 0.167. The first kappa shape index (κ1) is 12.1. The summed E-state index contributed by atoms with van der Waals surface area (Å²) in [6.45, 7) is 7.79. The first-order chi connectivity index (χ1) is 8.27. The van der Waals surface area contributed by atoms with Gasteiger partial charge in [0.2, 0.25) is 0 Å². The molecule has 0 aliphatic heterocycles. The Labute approximate surface area is 105 Å². The fourth-order valence-corrected chi connectivity index (χ4v) is 2.31. The second kappa shape index (κ2) is 5.80. The van der Waals surface area contributed by atoms with Crippen LogP contribution in [0.2, 0.25) is 0 Å². The van der Waals surface area contributed by atoms with Crippen molar-refractivity contribution in [1.82, 2.24) is 4.98 Å². The molecule has 0 radical (unpaired) electrons. The molecule has 2 rings (SSSR count). The van der Waals surface area contributed by atoms with Crippen molar-refractivity contribution in [3.05, 3.63) is 35.9 Å². The van der Waals surface area contributed by atoms with Crippen molar-refractivity contribution in [2.75, 3.05) is 25.1 Å². The summed E-state index contributed by atoms with van der Waals surface area (Å²) in [5.74, 6) is 0.933. The lowest BCUT2D eigenvalue weighted by Gasteiger charge is -2.07. The van der Waals surface area contributed by atoms with E-state index in [9.17, 15) is 0 Å². The highest BCUT2D eigenvalue weighted by molar-refractivity contribution is 7.17. The molecule has 3 nitrogen and oxygen atoms in total. The summed E-state index contributed by atoms with van der Waals surface area (Å²) in [5, 5.41) is 6.55. The maximum atomic E-state index is 5.42. The van der Waals surface area contributed by atoms with Gasteiger partial charge in [0.1, 0.15) is 5.82 Å². The van der Waals surface area contributed by atoms with E-state index in [2.05, 4.69) is 28.3 Å². The van der Waals surface area contributed by atoms with E-state index in [-0.39, 0.29) is 0 Å². The Morgan fingerprint density at radius 1 is 1.53 bits per heavy atom. The smallest absolute Gasteiger partial charge is 0.134 e. The molecule has 0 fully saturated rings. The Morgan fingerprint density at radius 2 is 2.41 bits per heavy atom. The van der Waals surface area contributed by atoms with Crippen LogP contribution in [0.5, 0.6) is 0 Å². The predicted molar refractivity (Wildman–Crippen MR) is 73.7 cm³/mol. The van der Waals surface area contributed by atoms with E-state index in [0.29, 0.717) is 13.2 Å². The predicted octanol–water partition coefficient (Wildman–Crippen LogP) is 3.30. The van der Waals surface area contributed by atoms with Gasteiger partial charge in [0.25, 0.3) is 0 Å². The summed E-state index contributed by atoms with van der Waals surface area (Å²) < 4.78 is 6.68. The number of ether oxygens (including phenoxy) is 1. The number of nitrogens with zero attached hydrogens (tertiary/aromatic N) is 1. The zero-order valence-corrected chi connectivity index (χ0v) is 10.7. The first-order valence-corrected chi connectivity index (χ1v) is 6.43. The molecule has 0 amide bonds. The van der Waals surface area contributed by atoms with Crippen LogP contribution in [0, 0.1) is 0 Å². The maximum Gasteiger partial charge on any atom is 0.134 e. The van der Waals surface area contributed by atoms with Crippen LogP contribution >= 0.6 is 11.3 Å². The standard InChI is InChI=1S/C13H16N2OS/c1-10(2)9-16-7-6-15-13-11-4-8-17-12(11)3-5-14-13/h3-5,8H,1,6-7,9H2,2H3,(H,14,15). The summed E-state index contributed by atoms with van der Waals surface area (Å²) >= 11 is 1.73. The van der Waals surface area contributed by atoms with Crippen molar-refractivity contribution < 1.29 is 4.74 Å². The molecule has 90 valence electrons. The zero-order valence-electron chi connectivity index (χ0n) is 9.90. The van der Waals surface area contributed by atoms with Crippen molar-refractivity contribution >= 4 is 27.2 Å². The van der Waals surface area contributed by atoms with Gasteiger partial charge in [-0.2, -0.15) is 0 Å². The van der Waals surface area contributed by atoms with Crippen LogP contribution < -0.4 is 5.32 Å². The number of hydrogen-bond donors (Lipinski definition) is 1. The molecule has 2 aromatic rings. The van der Waals surface area contributed by atoms with Crippen LogP contribution in [0.4, 0.5) is 5.82 Å². The van der Waals surface area contributed by atoms with E-state index in [1.807, 2.05) is 19.2 Å². The molecule has 0 unspecified atom stereocenters. The minimum atomic E-state index is 0.623. The van der Waals surface area contributed by atoms with Gasteiger partial charge < -0.3 is 10.1 Å². The molecule has 0 spiro atoms. The molecule has 0 bridgehead atoms. The fourth-order valence-electron chi connectivity index (χ4n) is 1.52. The molecule has 17 heavy (non-hydrogen) atoms. The molecule has 4 heteroatoms. The fraction of sp³-hybridized carbons (Fsp3) is 0.308. The van der Waals surface area contributed by atoms with Gasteiger partial charge in [0.15, 0.2) is 0 Å². The normalized spacial score (nSPS) is 10.6. The quantitative estimate of drug-likeness (QED) is 0.629. The molecule has 2 aromatic heterocycles. The van der Waals surface area contributed by atoms with Gasteiger partial charge in [-0.25, -0.2) is 4.98 Å². The Balaban J connectivity index is 1.86. The van der Waals surface area contributed by atoms with Gasteiger partial charge in [0.05, 0.1) is 13.2 Å². The molecule has 0 aromatic carbocycles. The van der Waals surface area contributed by atoms with Crippen molar-refractivity contribution in [1.29, 1.82) is 0 Å². The third-order valence-corrected chi connectivity index (χ3v) is 3.15. The topological polar surface area (TPSA) is 34.1 Å². The molecular formula is C13H16N2OS. The third kappa shape index (κ3) is 3.28. The van der Waals surface area contributed by atoms with E-state index < -0.39 is 0 Å². The number of fused-ring (bicyclic) bond motifs is 1. The maximum absolute atomic E-state index is 5.42. The number of rotatable bonds is 6. The summed E-state index contributed by atoms with van der Waals surface area (Å²) in [6.07, 6.45) is 1.83. The summed E-state index contributed by atoms with van der Waals surface area (Å²) in [6, 6.07) is 4.12. The van der Waals surface area contributed by atoms with Crippen LogP contribution in [0.25, 0.3) is 10.1 Å². The van der Waals surface area contributed by atoms with Gasteiger partial charge in [-0.15, -0.1) is 11.3 Å². The van der Waals surface area contributed by atoms with Crippen LogP contribution in [-0.2, 0) is 4.74 Å². The molecular weight excluding hydrogens is 232 g/mol. The number of nitrogens with one attached hydrogen (secondary N) is 1. The number of anilines is 1. The van der Waals surface area contributed by atoms with E-state index in [0.717, 1.165) is 17.9 Å². The lowest BCUT2D eigenvalue weighted by Crippen LogP contribution is -2.11. The minimum Gasteiger partial charge on any atom is -0.375 e. The Kier molecular flexibility index (Phi) is 4.12. The Bertz CT molecular complexity index is 507. The van der Waals surface area contributed by atoms with Crippen molar-refractivity contribution in [3.8, 4) is 0 Å². The molecule has 1 N–H and O–H groups in total. The van der Waals surface area contributed by atoms with E-state index in [1.165, 1.54) is 10.1 Å². The van der Waals surface area contributed by atoms with E-state index >= 15 is 0 Å². The minimum absolute atomic E-state index is 0.623. The van der Waals surface area contributed by atoms with Crippen LogP contribution in [0.15, 0.2) is 35.9 Å². The largest absolute Gasteiger partial charge is 0.375 e. The second-order valence-electron chi connectivity index (χ2n) is 3.93. The number of pyridine rings is 1. The van der Waals surface area contributed by atoms with Crippen LogP contribution in [0.1, 0.15) is 6.92 Å². The molecule has 0 saturated carbocycles. The van der Waals surface area contributed by atoms with Crippen molar-refractivity contribution in [3.63, 3.8) is 0 Å². The SMILES string of the molecule is C=C(C)COCCNc1nccc2sccc12. The van der Waals surface area contributed by atoms with Gasteiger partial charge in [-0.05, 0) is 24.4 Å². The van der Waals surface area contributed by atoms with Crippen LogP contribution in [0.3, 0.4) is 0 Å². The number of thiophene rings is 1. The van der Waals surface area contributed by atoms with E-state index in [4.69, 9.17) is 4.74 Å². The van der Waals surface area contributed by atoms with Crippen LogP contribution in [-0.4, -0.2) is 24.7 Å². The first-order valence-electron chi connectivity index (χ1n) is 5.55. The second-order valence-corrected chi connectivity index (χ2v) is 4.88. The van der Waals surface area contributed by atoms with Crippen molar-refractivity contribution in [2.24, 2.45) is 0 Å². The van der Waals surface area contributed by atoms with Gasteiger partial charge >= 0.3 is 0 Å². The molecule has 2 heterocycles. The average molecular weight is 248 g/mol. The third-order valence-electron chi connectivity index (χ3n) is 2.27. The highest BCUT2D eigenvalue weighted by Crippen LogP contribution is 2.25. The summed E-state index contributed by atoms with van der Waals surface area (Å²) in [5.41, 5.74) is 1.04. The highest BCUT2D eigenvalue weighted by Gasteiger charge is 2.01. The Morgan fingerprint density at radius 3 is 3.24 bits per heavy atom. The average Bonchev–Trinajstić information content (AvgIpc) is 2.77. The Hall–Kier alpha value is -1.39. The molecule has 0 saturated heterocycles. The van der Waals surface area contributed by atoms with Gasteiger partial charge in [-0.1, -0.05) is 12.2 Å². The van der Waals surface area contributed by atoms with Crippen molar-refractivity contribution in [2.45, 2.75) is 6.92 Å². The monoisotopic (exact) mass is 248 g/mol. The zero-order chi connectivity index (χ0) is 12.1. The summed E-state index contributed by atoms with van der Waals surface area (Å²) in [4.78, 5) is 4.33. The highest BCUT2D eigenvalue weighted by atomic mass is 32.1.